The van der Waals surface area contributed by atoms with Gasteiger partial charge in [0, 0.05) is 6.42 Å². The highest BCUT2D eigenvalue weighted by atomic mass is 16.5. The molecule has 0 saturated heterocycles. The molecule has 0 aromatic heterocycles. The van der Waals surface area contributed by atoms with E-state index in [2.05, 4.69) is 26.0 Å². The van der Waals surface area contributed by atoms with Gasteiger partial charge in [0.25, 0.3) is 0 Å². The molecule has 0 rings (SSSR count). The number of carbonyl (C=O) groups excluding carboxylic acids is 1. The normalized spacial score (nSPS) is 11.6. The van der Waals surface area contributed by atoms with E-state index >= 15 is 0 Å². The fourth-order valence-electron chi connectivity index (χ4n) is 7.37. The monoisotopic (exact) mass is 703 g/mol. The van der Waals surface area contributed by atoms with Gasteiger partial charge in [-0.25, -0.2) is 0 Å². The molecule has 0 amide bonds. The first-order chi connectivity index (χ1) is 24.8. The van der Waals surface area contributed by atoms with Crippen molar-refractivity contribution in [1.29, 1.82) is 0 Å². The molecule has 50 heavy (non-hydrogen) atoms. The lowest BCUT2D eigenvalue weighted by molar-refractivity contribution is -0.143. The lowest BCUT2D eigenvalue weighted by atomic mass is 10.0. The summed E-state index contributed by atoms with van der Waals surface area (Å²) in [6.45, 7) is 5.22. The van der Waals surface area contributed by atoms with Crippen LogP contribution in [0.15, 0.2) is 12.2 Å². The third-order valence-electron chi connectivity index (χ3n) is 10.9. The molecule has 0 aromatic carbocycles. The molecule has 2 nitrogen and oxygen atoms in total. The van der Waals surface area contributed by atoms with Crippen LogP contribution in [0, 0.1) is 0 Å². The number of hydrogen-bond donors (Lipinski definition) is 0. The van der Waals surface area contributed by atoms with Crippen molar-refractivity contribution < 1.29 is 9.53 Å². The van der Waals surface area contributed by atoms with Crippen molar-refractivity contribution in [3.63, 3.8) is 0 Å². The summed E-state index contributed by atoms with van der Waals surface area (Å²) < 4.78 is 5.48. The second-order valence-corrected chi connectivity index (χ2v) is 16.1. The van der Waals surface area contributed by atoms with Crippen LogP contribution in [0.5, 0.6) is 0 Å². The molecule has 0 fully saturated rings. The van der Waals surface area contributed by atoms with Crippen molar-refractivity contribution >= 4 is 5.97 Å². The number of hydrogen-bond acceptors (Lipinski definition) is 2. The molecule has 2 heteroatoms. The van der Waals surface area contributed by atoms with E-state index in [-0.39, 0.29) is 5.97 Å². The van der Waals surface area contributed by atoms with Crippen LogP contribution in [0.3, 0.4) is 0 Å². The summed E-state index contributed by atoms with van der Waals surface area (Å²) in [5.74, 6) is 0.0279. The Hall–Kier alpha value is -0.790. The topological polar surface area (TPSA) is 26.3 Å². The van der Waals surface area contributed by atoms with Gasteiger partial charge in [-0.05, 0) is 38.5 Å². The van der Waals surface area contributed by atoms with Crippen LogP contribution in [-0.4, -0.2) is 12.6 Å². The van der Waals surface area contributed by atoms with Crippen LogP contribution in [0.4, 0.5) is 0 Å². The highest BCUT2D eigenvalue weighted by Crippen LogP contribution is 2.16. The summed E-state index contributed by atoms with van der Waals surface area (Å²) in [5, 5.41) is 0. The highest BCUT2D eigenvalue weighted by Gasteiger charge is 2.03. The van der Waals surface area contributed by atoms with E-state index in [1.165, 1.54) is 250 Å². The number of ether oxygens (including phenoxy) is 1. The average Bonchev–Trinajstić information content (AvgIpc) is 3.12. The van der Waals surface area contributed by atoms with Crippen LogP contribution in [0.25, 0.3) is 0 Å². The molecule has 0 aliphatic carbocycles. The Bertz CT molecular complexity index is 640. The number of rotatable bonds is 44. The standard InChI is InChI=1S/C48H94O2/c1-3-5-7-9-11-13-15-17-19-21-23-24-25-26-27-29-31-33-35-37-39-41-43-45-47-50-48(49)46-44-42-40-38-36-34-32-30-28-22-20-18-16-14-12-10-8-6-4-2/h18,20H,3-17,19,21-47H2,1-2H3. The van der Waals surface area contributed by atoms with Crippen molar-refractivity contribution in [2.45, 2.75) is 284 Å². The van der Waals surface area contributed by atoms with Gasteiger partial charge in [0.15, 0.2) is 0 Å². The first kappa shape index (κ1) is 49.2. The largest absolute Gasteiger partial charge is 0.466 e. The number of allylic oxidation sites excluding steroid dienone is 2. The number of carbonyl (C=O) groups is 1. The van der Waals surface area contributed by atoms with E-state index in [0.29, 0.717) is 13.0 Å². The second kappa shape index (κ2) is 46.2. The van der Waals surface area contributed by atoms with Gasteiger partial charge in [-0.1, -0.05) is 251 Å². The van der Waals surface area contributed by atoms with Crippen LogP contribution >= 0.6 is 0 Å². The minimum absolute atomic E-state index is 0.0279. The molecule has 0 N–H and O–H groups in total. The Labute approximate surface area is 316 Å². The molecule has 298 valence electrons. The third-order valence-corrected chi connectivity index (χ3v) is 10.9. The molecule has 0 unspecified atom stereocenters. The molecule has 0 atom stereocenters. The van der Waals surface area contributed by atoms with Crippen LogP contribution in [0.1, 0.15) is 284 Å². The molecule has 0 aliphatic heterocycles. The van der Waals surface area contributed by atoms with E-state index < -0.39 is 0 Å². The van der Waals surface area contributed by atoms with Gasteiger partial charge in [0.05, 0.1) is 6.61 Å². The van der Waals surface area contributed by atoms with Gasteiger partial charge >= 0.3 is 5.97 Å². The van der Waals surface area contributed by atoms with Gasteiger partial charge in [0.1, 0.15) is 0 Å². The molecule has 0 bridgehead atoms. The van der Waals surface area contributed by atoms with Gasteiger partial charge < -0.3 is 4.74 Å². The van der Waals surface area contributed by atoms with Crippen molar-refractivity contribution in [3.05, 3.63) is 12.2 Å². The zero-order chi connectivity index (χ0) is 36.1. The predicted molar refractivity (Wildman–Crippen MR) is 225 cm³/mol. The lowest BCUT2D eigenvalue weighted by Gasteiger charge is -2.06. The maximum Gasteiger partial charge on any atom is 0.305 e. The first-order valence-electron chi connectivity index (χ1n) is 23.6. The van der Waals surface area contributed by atoms with Crippen molar-refractivity contribution in [3.8, 4) is 0 Å². The Morgan fingerprint density at radius 3 is 0.860 bits per heavy atom. The first-order valence-corrected chi connectivity index (χ1v) is 23.6. The molecule has 0 radical (unpaired) electrons. The summed E-state index contributed by atoms with van der Waals surface area (Å²) in [7, 11) is 0. The summed E-state index contributed by atoms with van der Waals surface area (Å²) in [6, 6.07) is 0. The summed E-state index contributed by atoms with van der Waals surface area (Å²) in [6.07, 6.45) is 61.9. The molecular formula is C48H94O2. The fourth-order valence-corrected chi connectivity index (χ4v) is 7.37. The second-order valence-electron chi connectivity index (χ2n) is 16.1. The number of esters is 1. The SMILES string of the molecule is CCCCCCCCC=CCCCCCCCCCCCC(=O)OCCCCCCCCCCCCCCCCCCCCCCCCCC. The van der Waals surface area contributed by atoms with Gasteiger partial charge in [-0.3, -0.25) is 4.79 Å². The average molecular weight is 703 g/mol. The Balaban J connectivity index is 3.16. The summed E-state index contributed by atoms with van der Waals surface area (Å²) in [5.41, 5.74) is 0. The molecular weight excluding hydrogens is 609 g/mol. The van der Waals surface area contributed by atoms with E-state index in [4.69, 9.17) is 4.74 Å². The van der Waals surface area contributed by atoms with Gasteiger partial charge in [-0.2, -0.15) is 0 Å². The molecule has 0 spiro atoms. The van der Waals surface area contributed by atoms with E-state index in [9.17, 15) is 4.79 Å². The highest BCUT2D eigenvalue weighted by molar-refractivity contribution is 5.69. The van der Waals surface area contributed by atoms with Crippen molar-refractivity contribution in [2.75, 3.05) is 6.61 Å². The minimum atomic E-state index is 0.0279. The Morgan fingerprint density at radius 2 is 0.560 bits per heavy atom. The van der Waals surface area contributed by atoms with E-state index in [1.807, 2.05) is 0 Å². The zero-order valence-electron chi connectivity index (χ0n) is 34.9. The van der Waals surface area contributed by atoms with Gasteiger partial charge in [0.2, 0.25) is 0 Å². The summed E-state index contributed by atoms with van der Waals surface area (Å²) in [4.78, 5) is 12.0. The Morgan fingerprint density at radius 1 is 0.320 bits per heavy atom. The molecule has 0 aliphatic rings. The van der Waals surface area contributed by atoms with Crippen molar-refractivity contribution in [1.82, 2.24) is 0 Å². The zero-order valence-corrected chi connectivity index (χ0v) is 34.9. The fraction of sp³-hybridized carbons (Fsp3) is 0.938. The van der Waals surface area contributed by atoms with E-state index in [1.54, 1.807) is 0 Å². The van der Waals surface area contributed by atoms with Crippen LogP contribution in [0.2, 0.25) is 0 Å². The summed E-state index contributed by atoms with van der Waals surface area (Å²) >= 11 is 0. The Kier molecular flexibility index (Phi) is 45.5. The predicted octanol–water partition coefficient (Wildman–Crippen LogP) is 17.5. The maximum absolute atomic E-state index is 12.0. The molecule has 0 aromatic rings. The number of unbranched alkanes of at least 4 members (excludes halogenated alkanes) is 38. The van der Waals surface area contributed by atoms with E-state index in [0.717, 1.165) is 12.8 Å². The van der Waals surface area contributed by atoms with Crippen LogP contribution < -0.4 is 0 Å². The third kappa shape index (κ3) is 45.2. The minimum Gasteiger partial charge on any atom is -0.466 e. The maximum atomic E-state index is 12.0. The van der Waals surface area contributed by atoms with Crippen LogP contribution in [-0.2, 0) is 9.53 Å². The molecule has 0 saturated carbocycles. The quantitative estimate of drug-likeness (QED) is 0.0359. The molecule has 0 heterocycles. The lowest BCUT2D eigenvalue weighted by Crippen LogP contribution is -2.05. The van der Waals surface area contributed by atoms with Crippen molar-refractivity contribution in [2.24, 2.45) is 0 Å². The smallest absolute Gasteiger partial charge is 0.305 e. The van der Waals surface area contributed by atoms with Gasteiger partial charge in [-0.15, -0.1) is 0 Å².